The van der Waals surface area contributed by atoms with Gasteiger partial charge in [-0.3, -0.25) is 14.9 Å². The Labute approximate surface area is 138 Å². The molecular weight excluding hydrogens is 316 g/mol. The van der Waals surface area contributed by atoms with Gasteiger partial charge in [0.05, 0.1) is 7.11 Å². The molecule has 2 N–H and O–H groups in total. The van der Waals surface area contributed by atoms with Crippen LogP contribution in [0.1, 0.15) is 19.4 Å². The number of hydrogen-bond acceptors (Lipinski definition) is 6. The molecule has 0 saturated heterocycles. The van der Waals surface area contributed by atoms with Crippen LogP contribution in [0, 0.1) is 0 Å². The molecule has 1 rings (SSSR count). The summed E-state index contributed by atoms with van der Waals surface area (Å²) >= 11 is 0. The topological polar surface area (TPSA) is 111 Å². The Bertz CT molecular complexity index is 654. The number of carbonyl (C=O) groups excluding carboxylic acids is 4. The minimum absolute atomic E-state index is 0.133. The molecule has 8 heteroatoms. The van der Waals surface area contributed by atoms with E-state index in [0.717, 1.165) is 7.11 Å². The summed E-state index contributed by atoms with van der Waals surface area (Å²) in [6.45, 7) is 2.52. The number of carbonyl (C=O) groups is 4. The van der Waals surface area contributed by atoms with Gasteiger partial charge in [-0.05, 0) is 18.6 Å². The zero-order chi connectivity index (χ0) is 18.1. The molecule has 0 aliphatic heterocycles. The van der Waals surface area contributed by atoms with Crippen LogP contribution in [0.2, 0.25) is 0 Å². The highest BCUT2D eigenvalue weighted by Crippen LogP contribution is 2.08. The van der Waals surface area contributed by atoms with E-state index in [-0.39, 0.29) is 5.70 Å². The van der Waals surface area contributed by atoms with Crippen molar-refractivity contribution >= 4 is 30.0 Å². The summed E-state index contributed by atoms with van der Waals surface area (Å²) in [6, 6.07) is 8.77. The van der Waals surface area contributed by atoms with Gasteiger partial charge in [0.25, 0.3) is 5.91 Å². The van der Waals surface area contributed by atoms with E-state index in [1.54, 1.807) is 30.3 Å². The third-order valence-electron chi connectivity index (χ3n) is 2.70. The third-order valence-corrected chi connectivity index (χ3v) is 2.70. The highest BCUT2D eigenvalue weighted by Gasteiger charge is 2.22. The summed E-state index contributed by atoms with van der Waals surface area (Å²) < 4.78 is 9.23. The van der Waals surface area contributed by atoms with Crippen LogP contribution >= 0.6 is 0 Å². The predicted molar refractivity (Wildman–Crippen MR) is 84.3 cm³/mol. The van der Waals surface area contributed by atoms with Crippen molar-refractivity contribution in [1.29, 1.82) is 0 Å². The van der Waals surface area contributed by atoms with Gasteiger partial charge in [0.1, 0.15) is 5.70 Å². The van der Waals surface area contributed by atoms with Crippen molar-refractivity contribution in [1.82, 2.24) is 10.6 Å². The van der Waals surface area contributed by atoms with Crippen molar-refractivity contribution in [2.45, 2.75) is 20.0 Å². The molecule has 1 aromatic carbocycles. The predicted octanol–water partition coefficient (Wildman–Crippen LogP) is 0.978. The zero-order valence-corrected chi connectivity index (χ0v) is 13.5. The largest absolute Gasteiger partial charge is 0.453 e. The van der Waals surface area contributed by atoms with Crippen molar-refractivity contribution in [3.8, 4) is 0 Å². The number of hydrogen-bond donors (Lipinski definition) is 2. The molecule has 24 heavy (non-hydrogen) atoms. The Morgan fingerprint density at radius 3 is 2.25 bits per heavy atom. The average molecular weight is 334 g/mol. The first-order chi connectivity index (χ1) is 11.3. The molecule has 0 aliphatic rings. The Morgan fingerprint density at radius 2 is 1.71 bits per heavy atom. The molecule has 0 spiro atoms. The van der Waals surface area contributed by atoms with Gasteiger partial charge < -0.3 is 14.8 Å². The Kier molecular flexibility index (Phi) is 7.15. The van der Waals surface area contributed by atoms with E-state index < -0.39 is 30.0 Å². The zero-order valence-electron chi connectivity index (χ0n) is 13.5. The van der Waals surface area contributed by atoms with Crippen LogP contribution in [0.25, 0.3) is 6.08 Å². The summed E-state index contributed by atoms with van der Waals surface area (Å²) in [4.78, 5) is 46.0. The maximum atomic E-state index is 12.2. The van der Waals surface area contributed by atoms with Crippen LogP contribution in [-0.4, -0.2) is 37.1 Å². The van der Waals surface area contributed by atoms with E-state index in [0.29, 0.717) is 5.56 Å². The quantitative estimate of drug-likeness (QED) is 0.613. The van der Waals surface area contributed by atoms with E-state index in [9.17, 15) is 19.2 Å². The normalized spacial score (nSPS) is 11.9. The number of esters is 1. The van der Waals surface area contributed by atoms with Crippen molar-refractivity contribution in [3.63, 3.8) is 0 Å². The monoisotopic (exact) mass is 334 g/mol. The van der Waals surface area contributed by atoms with Gasteiger partial charge in [-0.25, -0.2) is 9.59 Å². The lowest BCUT2D eigenvalue weighted by atomic mass is 10.2. The summed E-state index contributed by atoms with van der Waals surface area (Å²) in [5.41, 5.74) is 0.524. The Balaban J connectivity index is 2.85. The number of benzene rings is 1. The number of nitrogens with one attached hydrogen (secondary N) is 2. The van der Waals surface area contributed by atoms with Crippen LogP contribution < -0.4 is 10.6 Å². The molecule has 0 bridgehead atoms. The first-order valence-corrected chi connectivity index (χ1v) is 6.97. The Hall–Kier alpha value is -3.16. The molecule has 0 radical (unpaired) electrons. The van der Waals surface area contributed by atoms with Crippen LogP contribution in [0.5, 0.6) is 0 Å². The van der Waals surface area contributed by atoms with Gasteiger partial charge in [-0.15, -0.1) is 0 Å². The fourth-order valence-electron chi connectivity index (χ4n) is 1.58. The Morgan fingerprint density at radius 1 is 1.08 bits per heavy atom. The highest BCUT2D eigenvalue weighted by atomic mass is 16.6. The fraction of sp³-hybridized carbons (Fsp3) is 0.250. The molecular formula is C16H18N2O6. The van der Waals surface area contributed by atoms with E-state index in [1.165, 1.54) is 19.9 Å². The van der Waals surface area contributed by atoms with Crippen molar-refractivity contribution in [2.24, 2.45) is 0 Å². The van der Waals surface area contributed by atoms with Gasteiger partial charge in [0.15, 0.2) is 6.10 Å². The maximum Gasteiger partial charge on any atom is 0.413 e. The lowest BCUT2D eigenvalue weighted by Crippen LogP contribution is -2.40. The second-order valence-electron chi connectivity index (χ2n) is 4.68. The van der Waals surface area contributed by atoms with E-state index in [4.69, 9.17) is 4.74 Å². The van der Waals surface area contributed by atoms with Crippen molar-refractivity contribution < 1.29 is 28.7 Å². The second-order valence-corrected chi connectivity index (χ2v) is 4.68. The van der Waals surface area contributed by atoms with E-state index in [2.05, 4.69) is 10.1 Å². The molecule has 1 atom stereocenters. The van der Waals surface area contributed by atoms with E-state index >= 15 is 0 Å². The van der Waals surface area contributed by atoms with Gasteiger partial charge in [0, 0.05) is 6.92 Å². The maximum absolute atomic E-state index is 12.2. The molecule has 0 fully saturated rings. The molecule has 3 amide bonds. The third kappa shape index (κ3) is 6.30. The summed E-state index contributed by atoms with van der Waals surface area (Å²) in [5.74, 6) is -2.24. The van der Waals surface area contributed by atoms with Gasteiger partial charge in [-0.2, -0.15) is 0 Å². The fourth-order valence-corrected chi connectivity index (χ4v) is 1.58. The average Bonchev–Trinajstić information content (AvgIpc) is 2.54. The van der Waals surface area contributed by atoms with Crippen LogP contribution in [0.15, 0.2) is 36.0 Å². The highest BCUT2D eigenvalue weighted by molar-refractivity contribution is 6.00. The van der Waals surface area contributed by atoms with Gasteiger partial charge >= 0.3 is 12.1 Å². The van der Waals surface area contributed by atoms with Crippen LogP contribution in [0.3, 0.4) is 0 Å². The van der Waals surface area contributed by atoms with Crippen LogP contribution in [0.4, 0.5) is 4.79 Å². The molecule has 0 heterocycles. The van der Waals surface area contributed by atoms with E-state index in [1.807, 2.05) is 5.32 Å². The molecule has 0 aliphatic carbocycles. The minimum Gasteiger partial charge on any atom is -0.453 e. The van der Waals surface area contributed by atoms with Gasteiger partial charge in [0.2, 0.25) is 5.91 Å². The number of alkyl carbamates (subject to hydrolysis) is 1. The molecule has 0 saturated carbocycles. The standard InChI is InChI=1S/C16H18N2O6/c1-10(14(20)18-16(22)23-3)24-15(21)13(17-11(2)19)9-12-7-5-4-6-8-12/h4-10H,1-3H3,(H,17,19)(H,18,20,22)/b13-9-/t10-/m1/s1. The summed E-state index contributed by atoms with van der Waals surface area (Å²) in [6.07, 6.45) is -0.816. The molecule has 0 unspecified atom stereocenters. The number of rotatable bonds is 5. The van der Waals surface area contributed by atoms with Gasteiger partial charge in [-0.1, -0.05) is 30.3 Å². The lowest BCUT2D eigenvalue weighted by molar-refractivity contribution is -0.151. The number of imide groups is 1. The molecule has 128 valence electrons. The van der Waals surface area contributed by atoms with Crippen molar-refractivity contribution in [3.05, 3.63) is 41.6 Å². The van der Waals surface area contributed by atoms with Crippen LogP contribution in [-0.2, 0) is 23.9 Å². The number of amides is 3. The second kappa shape index (κ2) is 9.09. The lowest BCUT2D eigenvalue weighted by Gasteiger charge is -2.14. The molecule has 1 aromatic rings. The smallest absolute Gasteiger partial charge is 0.413 e. The summed E-state index contributed by atoms with van der Waals surface area (Å²) in [5, 5.41) is 4.23. The molecule has 8 nitrogen and oxygen atoms in total. The summed E-state index contributed by atoms with van der Waals surface area (Å²) in [7, 11) is 1.09. The molecule has 0 aromatic heterocycles. The first-order valence-electron chi connectivity index (χ1n) is 6.97. The number of ether oxygens (including phenoxy) is 2. The first kappa shape index (κ1) is 18.9. The number of methoxy groups -OCH3 is 1. The SMILES string of the molecule is COC(=O)NC(=O)[C@@H](C)OC(=O)/C(=C/c1ccccc1)NC(C)=O. The minimum atomic E-state index is -1.26. The van der Waals surface area contributed by atoms with Crippen molar-refractivity contribution in [2.75, 3.05) is 7.11 Å².